The lowest BCUT2D eigenvalue weighted by Gasteiger charge is -2.07. The van der Waals surface area contributed by atoms with Crippen molar-refractivity contribution in [2.24, 2.45) is 5.10 Å². The molecule has 0 spiro atoms. The van der Waals surface area contributed by atoms with Gasteiger partial charge in [0.05, 0.1) is 16.8 Å². The number of hydrogen-bond acceptors (Lipinski definition) is 7. The molecule has 0 saturated carbocycles. The van der Waals surface area contributed by atoms with E-state index in [4.69, 9.17) is 16.3 Å². The van der Waals surface area contributed by atoms with E-state index in [1.807, 2.05) is 0 Å². The summed E-state index contributed by atoms with van der Waals surface area (Å²) in [6, 6.07) is 7.16. The molecule has 0 aliphatic heterocycles. The maximum absolute atomic E-state index is 13.3. The molecule has 0 radical (unpaired) electrons. The van der Waals surface area contributed by atoms with Gasteiger partial charge in [-0.1, -0.05) is 11.6 Å². The monoisotopic (exact) mass is 477 g/mol. The Bertz CT molecular complexity index is 1260. The normalized spacial score (nSPS) is 10.9. The van der Waals surface area contributed by atoms with Crippen molar-refractivity contribution in [2.45, 2.75) is 13.5 Å². The van der Waals surface area contributed by atoms with Crippen molar-refractivity contribution in [1.82, 2.24) is 15.0 Å². The number of ether oxygens (including phenoxy) is 1. The summed E-state index contributed by atoms with van der Waals surface area (Å²) in [6.45, 7) is 1.18. The number of carbonyl (C=O) groups is 2. The number of hydrogen-bond donors (Lipinski definition) is 1. The largest absolute Gasteiger partial charge is 0.423 e. The average Bonchev–Trinajstić information content (AvgIpc) is 3.12. The summed E-state index contributed by atoms with van der Waals surface area (Å²) in [5, 5.41) is 14.4. The van der Waals surface area contributed by atoms with Crippen molar-refractivity contribution in [3.8, 4) is 5.75 Å². The van der Waals surface area contributed by atoms with Crippen LogP contribution in [0.1, 0.15) is 21.7 Å². The molecule has 0 saturated heterocycles. The number of aromatic nitrogens is 2. The minimum absolute atomic E-state index is 0.102. The van der Waals surface area contributed by atoms with E-state index in [2.05, 4.69) is 15.5 Å². The molecular formula is C20H14ClF2N5O5. The fraction of sp³-hybridized carbons (Fsp3) is 0.100. The lowest BCUT2D eigenvalue weighted by atomic mass is 10.2. The Morgan fingerprint density at radius 2 is 1.94 bits per heavy atom. The predicted molar refractivity (Wildman–Crippen MR) is 112 cm³/mol. The van der Waals surface area contributed by atoms with Crippen molar-refractivity contribution >= 4 is 35.5 Å². The number of aryl methyl sites for hydroxylation is 1. The van der Waals surface area contributed by atoms with Crippen molar-refractivity contribution < 1.29 is 28.0 Å². The average molecular weight is 478 g/mol. The Labute approximate surface area is 189 Å². The van der Waals surface area contributed by atoms with Crippen LogP contribution in [0.25, 0.3) is 0 Å². The SMILES string of the molecule is Cc1ncc([N+](=O)[O-])n1CC(=O)N/N=C\c1ccc(OC(=O)c2cc(F)c(F)cc2Cl)cc1. The molecule has 1 heterocycles. The zero-order valence-electron chi connectivity index (χ0n) is 16.8. The molecule has 3 rings (SSSR count). The van der Waals surface area contributed by atoms with E-state index in [0.717, 1.165) is 10.8 Å². The van der Waals surface area contributed by atoms with Crippen molar-refractivity contribution in [1.29, 1.82) is 0 Å². The summed E-state index contributed by atoms with van der Waals surface area (Å²) in [4.78, 5) is 38.2. The summed E-state index contributed by atoms with van der Waals surface area (Å²) in [6.07, 6.45) is 2.35. The molecule has 1 amide bonds. The quantitative estimate of drug-likeness (QED) is 0.139. The first-order valence-electron chi connectivity index (χ1n) is 9.11. The molecule has 170 valence electrons. The van der Waals surface area contributed by atoms with Gasteiger partial charge in [-0.15, -0.1) is 0 Å². The molecule has 0 unspecified atom stereocenters. The Balaban J connectivity index is 1.58. The highest BCUT2D eigenvalue weighted by Crippen LogP contribution is 2.22. The minimum Gasteiger partial charge on any atom is -0.423 e. The first kappa shape index (κ1) is 23.5. The second-order valence-electron chi connectivity index (χ2n) is 6.50. The number of benzene rings is 2. The number of halogens is 3. The van der Waals surface area contributed by atoms with Gasteiger partial charge in [0.15, 0.2) is 24.0 Å². The molecule has 0 aliphatic rings. The number of nitrogens with one attached hydrogen (secondary N) is 1. The number of amides is 1. The number of hydrazone groups is 1. The fourth-order valence-corrected chi connectivity index (χ4v) is 2.85. The smallest absolute Gasteiger partial charge is 0.345 e. The summed E-state index contributed by atoms with van der Waals surface area (Å²) in [5.74, 6) is -3.92. The third-order valence-electron chi connectivity index (χ3n) is 4.25. The maximum Gasteiger partial charge on any atom is 0.345 e. The number of rotatable bonds is 7. The molecule has 1 N–H and O–H groups in total. The van der Waals surface area contributed by atoms with Crippen LogP contribution in [0.15, 0.2) is 47.7 Å². The van der Waals surface area contributed by atoms with Crippen LogP contribution in [-0.2, 0) is 11.3 Å². The molecule has 1 aromatic heterocycles. The van der Waals surface area contributed by atoms with Gasteiger partial charge in [0.2, 0.25) is 0 Å². The van der Waals surface area contributed by atoms with E-state index in [0.29, 0.717) is 23.5 Å². The van der Waals surface area contributed by atoms with Gasteiger partial charge in [0.25, 0.3) is 5.91 Å². The first-order valence-corrected chi connectivity index (χ1v) is 9.48. The standard InChI is InChI=1S/C20H14ClF2N5O5/c1-11-24-9-19(28(31)32)27(11)10-18(29)26-25-8-12-2-4-13(5-3-12)33-20(30)14-6-16(22)17(23)7-15(14)21/h2-9H,10H2,1H3,(H,26,29)/b25-8-. The third kappa shape index (κ3) is 5.74. The number of esters is 1. The van der Waals surface area contributed by atoms with E-state index < -0.39 is 28.4 Å². The highest BCUT2D eigenvalue weighted by molar-refractivity contribution is 6.33. The van der Waals surface area contributed by atoms with Crippen LogP contribution in [0, 0.1) is 28.7 Å². The van der Waals surface area contributed by atoms with E-state index in [9.17, 15) is 28.5 Å². The molecule has 2 aromatic carbocycles. The van der Waals surface area contributed by atoms with Crippen LogP contribution in [0.2, 0.25) is 5.02 Å². The van der Waals surface area contributed by atoms with Gasteiger partial charge in [-0.05, 0) is 46.9 Å². The fourth-order valence-electron chi connectivity index (χ4n) is 2.62. The van der Waals surface area contributed by atoms with Crippen molar-refractivity contribution in [3.05, 3.63) is 86.3 Å². The van der Waals surface area contributed by atoms with Crippen LogP contribution in [-0.4, -0.2) is 32.6 Å². The number of nitro groups is 1. The Kier molecular flexibility index (Phi) is 7.08. The van der Waals surface area contributed by atoms with Gasteiger partial charge in [-0.2, -0.15) is 5.10 Å². The second kappa shape index (κ2) is 9.96. The zero-order valence-corrected chi connectivity index (χ0v) is 17.5. The highest BCUT2D eigenvalue weighted by Gasteiger charge is 2.20. The van der Waals surface area contributed by atoms with Gasteiger partial charge < -0.3 is 14.9 Å². The van der Waals surface area contributed by atoms with Gasteiger partial charge in [-0.3, -0.25) is 4.79 Å². The summed E-state index contributed by atoms with van der Waals surface area (Å²) < 4.78 is 32.7. The van der Waals surface area contributed by atoms with E-state index in [1.165, 1.54) is 37.4 Å². The Morgan fingerprint density at radius 3 is 2.61 bits per heavy atom. The van der Waals surface area contributed by atoms with E-state index >= 15 is 0 Å². The third-order valence-corrected chi connectivity index (χ3v) is 4.56. The second-order valence-corrected chi connectivity index (χ2v) is 6.91. The highest BCUT2D eigenvalue weighted by atomic mass is 35.5. The van der Waals surface area contributed by atoms with E-state index in [1.54, 1.807) is 0 Å². The molecular weight excluding hydrogens is 464 g/mol. The van der Waals surface area contributed by atoms with Gasteiger partial charge in [0, 0.05) is 6.92 Å². The van der Waals surface area contributed by atoms with E-state index in [-0.39, 0.29) is 28.7 Å². The minimum atomic E-state index is -1.24. The van der Waals surface area contributed by atoms with Crippen LogP contribution in [0.5, 0.6) is 5.75 Å². The van der Waals surface area contributed by atoms with Crippen LogP contribution >= 0.6 is 11.6 Å². The molecule has 13 heteroatoms. The maximum atomic E-state index is 13.3. The van der Waals surface area contributed by atoms with Crippen LogP contribution < -0.4 is 10.2 Å². The summed E-state index contributed by atoms with van der Waals surface area (Å²) in [5.41, 5.74) is 2.42. The molecule has 0 bridgehead atoms. The van der Waals surface area contributed by atoms with Gasteiger partial charge in [0.1, 0.15) is 11.9 Å². The molecule has 3 aromatic rings. The Morgan fingerprint density at radius 1 is 1.27 bits per heavy atom. The van der Waals surface area contributed by atoms with Crippen LogP contribution in [0.3, 0.4) is 0 Å². The molecule has 0 atom stereocenters. The number of imidazole rings is 1. The summed E-state index contributed by atoms with van der Waals surface area (Å²) in [7, 11) is 0. The van der Waals surface area contributed by atoms with Crippen molar-refractivity contribution in [3.63, 3.8) is 0 Å². The zero-order chi connectivity index (χ0) is 24.1. The predicted octanol–water partition coefficient (Wildman–Crippen LogP) is 3.40. The summed E-state index contributed by atoms with van der Waals surface area (Å²) >= 11 is 5.75. The van der Waals surface area contributed by atoms with Gasteiger partial charge in [-0.25, -0.2) is 28.6 Å². The lowest BCUT2D eigenvalue weighted by molar-refractivity contribution is -0.392. The van der Waals surface area contributed by atoms with Gasteiger partial charge >= 0.3 is 11.8 Å². The topological polar surface area (TPSA) is 129 Å². The molecule has 10 nitrogen and oxygen atoms in total. The number of nitrogens with zero attached hydrogens (tertiary/aromatic N) is 4. The number of carbonyl (C=O) groups excluding carboxylic acids is 2. The van der Waals surface area contributed by atoms with Crippen LogP contribution in [0.4, 0.5) is 14.6 Å². The van der Waals surface area contributed by atoms with Crippen molar-refractivity contribution in [2.75, 3.05) is 0 Å². The molecule has 33 heavy (non-hydrogen) atoms. The lowest BCUT2D eigenvalue weighted by Crippen LogP contribution is -2.24. The molecule has 0 aliphatic carbocycles. The molecule has 0 fully saturated rings. The Hall–Kier alpha value is -4.19. The first-order chi connectivity index (χ1) is 15.7.